The molecule has 0 unspecified atom stereocenters. The van der Waals surface area contributed by atoms with Crippen LogP contribution in [0.15, 0.2) is 30.7 Å². The molecule has 0 aliphatic carbocycles. The van der Waals surface area contributed by atoms with Crippen molar-refractivity contribution in [3.63, 3.8) is 0 Å². The lowest BCUT2D eigenvalue weighted by Crippen LogP contribution is -2.03. The maximum absolute atomic E-state index is 9.56. The van der Waals surface area contributed by atoms with E-state index in [1.165, 1.54) is 0 Å². The van der Waals surface area contributed by atoms with Gasteiger partial charge in [0.2, 0.25) is 5.88 Å². The number of anilines is 1. The minimum atomic E-state index is 0.191. The van der Waals surface area contributed by atoms with Crippen LogP contribution in [0.4, 0.5) is 5.82 Å². The molecule has 7 heteroatoms. The summed E-state index contributed by atoms with van der Waals surface area (Å²) in [6.07, 6.45) is 5.27. The molecular weight excluding hydrogens is 316 g/mol. The summed E-state index contributed by atoms with van der Waals surface area (Å²) in [6.45, 7) is 4.36. The molecule has 3 aromatic heterocycles. The summed E-state index contributed by atoms with van der Waals surface area (Å²) in [5.41, 5.74) is 10.3. The zero-order valence-electron chi connectivity index (χ0n) is 14.3. The summed E-state index contributed by atoms with van der Waals surface area (Å²) in [4.78, 5) is 8.71. The van der Waals surface area contributed by atoms with Gasteiger partial charge in [-0.15, -0.1) is 0 Å². The van der Waals surface area contributed by atoms with Crippen molar-refractivity contribution in [1.82, 2.24) is 19.7 Å². The molecule has 0 radical (unpaired) electrons. The Hall–Kier alpha value is -3.40. The average molecular weight is 334 g/mol. The van der Waals surface area contributed by atoms with Crippen molar-refractivity contribution in [2.45, 2.75) is 13.8 Å². The van der Waals surface area contributed by atoms with Crippen LogP contribution in [0.2, 0.25) is 0 Å². The molecule has 7 nitrogen and oxygen atoms in total. The Balaban J connectivity index is 2.20. The first-order valence-electron chi connectivity index (χ1n) is 7.83. The van der Waals surface area contributed by atoms with Gasteiger partial charge in [-0.1, -0.05) is 0 Å². The van der Waals surface area contributed by atoms with E-state index < -0.39 is 0 Å². The molecule has 0 bridgehead atoms. The van der Waals surface area contributed by atoms with Crippen LogP contribution in [-0.4, -0.2) is 26.4 Å². The lowest BCUT2D eigenvalue weighted by molar-refractivity contribution is 0.327. The van der Waals surface area contributed by atoms with Crippen LogP contribution in [0.5, 0.6) is 5.88 Å². The molecular formula is C18H18N6O. The fourth-order valence-electron chi connectivity index (χ4n) is 2.75. The maximum atomic E-state index is 9.56. The van der Waals surface area contributed by atoms with Gasteiger partial charge in [-0.05, 0) is 25.5 Å². The number of aromatic nitrogens is 4. The van der Waals surface area contributed by atoms with Gasteiger partial charge in [0.15, 0.2) is 0 Å². The van der Waals surface area contributed by atoms with Crippen LogP contribution in [0.3, 0.4) is 0 Å². The number of rotatable bonds is 4. The van der Waals surface area contributed by atoms with Gasteiger partial charge in [0, 0.05) is 42.2 Å². The summed E-state index contributed by atoms with van der Waals surface area (Å²) in [5, 5.41) is 13.7. The van der Waals surface area contributed by atoms with Crippen LogP contribution in [-0.2, 0) is 7.05 Å². The first kappa shape index (κ1) is 16.5. The highest BCUT2D eigenvalue weighted by atomic mass is 16.5. The molecule has 0 saturated heterocycles. The molecule has 3 rings (SSSR count). The highest BCUT2D eigenvalue weighted by Crippen LogP contribution is 2.35. The first-order chi connectivity index (χ1) is 12.0. The van der Waals surface area contributed by atoms with E-state index in [4.69, 9.17) is 10.5 Å². The van der Waals surface area contributed by atoms with Crippen molar-refractivity contribution < 1.29 is 4.74 Å². The first-order valence-corrected chi connectivity index (χ1v) is 7.83. The third kappa shape index (κ3) is 3.02. The third-order valence-corrected chi connectivity index (χ3v) is 3.88. The number of aryl methyl sites for hydroxylation is 1. The van der Waals surface area contributed by atoms with E-state index >= 15 is 0 Å². The summed E-state index contributed by atoms with van der Waals surface area (Å²) in [7, 11) is 1.84. The number of nitrogens with two attached hydrogens (primary N) is 1. The fourth-order valence-corrected chi connectivity index (χ4v) is 2.75. The molecule has 0 amide bonds. The standard InChI is InChI=1S/C18H18N6O/c1-4-25-15-6-5-12(8-21-15)16-11(2)17(13-9-22-24(3)10-13)23-18(20)14(16)7-19/h5-6,8-10H,4H2,1-3H3,(H2,20,23). The highest BCUT2D eigenvalue weighted by molar-refractivity contribution is 5.83. The zero-order valence-corrected chi connectivity index (χ0v) is 14.3. The van der Waals surface area contributed by atoms with Gasteiger partial charge >= 0.3 is 0 Å². The number of nitriles is 1. The predicted molar refractivity (Wildman–Crippen MR) is 94.7 cm³/mol. The van der Waals surface area contributed by atoms with Gasteiger partial charge in [-0.3, -0.25) is 4.68 Å². The van der Waals surface area contributed by atoms with E-state index in [2.05, 4.69) is 21.1 Å². The van der Waals surface area contributed by atoms with Crippen molar-refractivity contribution in [3.05, 3.63) is 41.9 Å². The largest absolute Gasteiger partial charge is 0.478 e. The van der Waals surface area contributed by atoms with Crippen molar-refractivity contribution in [3.8, 4) is 34.3 Å². The summed E-state index contributed by atoms with van der Waals surface area (Å²) < 4.78 is 7.08. The van der Waals surface area contributed by atoms with Crippen LogP contribution >= 0.6 is 0 Å². The Kier molecular flexibility index (Phi) is 4.35. The molecule has 0 atom stereocenters. The molecule has 0 fully saturated rings. The van der Waals surface area contributed by atoms with Crippen LogP contribution in [0, 0.1) is 18.3 Å². The molecule has 0 saturated carbocycles. The highest BCUT2D eigenvalue weighted by Gasteiger charge is 2.19. The molecule has 25 heavy (non-hydrogen) atoms. The van der Waals surface area contributed by atoms with E-state index in [9.17, 15) is 5.26 Å². The summed E-state index contributed by atoms with van der Waals surface area (Å²) in [5.74, 6) is 0.729. The monoisotopic (exact) mass is 334 g/mol. The van der Waals surface area contributed by atoms with E-state index in [1.54, 1.807) is 23.1 Å². The fraction of sp³-hybridized carbons (Fsp3) is 0.222. The van der Waals surface area contributed by atoms with E-state index in [-0.39, 0.29) is 5.82 Å². The number of hydrogen-bond donors (Lipinski definition) is 1. The van der Waals surface area contributed by atoms with Crippen LogP contribution in [0.25, 0.3) is 22.4 Å². The number of nitrogen functional groups attached to an aromatic ring is 1. The van der Waals surface area contributed by atoms with Crippen molar-refractivity contribution in [2.24, 2.45) is 7.05 Å². The third-order valence-electron chi connectivity index (χ3n) is 3.88. The SMILES string of the molecule is CCOc1ccc(-c2c(C)c(-c3cnn(C)c3)nc(N)c2C#N)cn1. The Morgan fingerprint density at radius 2 is 2.08 bits per heavy atom. The van der Waals surface area contributed by atoms with Crippen molar-refractivity contribution >= 4 is 5.82 Å². The van der Waals surface area contributed by atoms with E-state index in [0.717, 1.165) is 22.3 Å². The van der Waals surface area contributed by atoms with Gasteiger partial charge in [0.25, 0.3) is 0 Å². The minimum Gasteiger partial charge on any atom is -0.478 e. The molecule has 3 heterocycles. The van der Waals surface area contributed by atoms with Gasteiger partial charge in [0.1, 0.15) is 17.5 Å². The van der Waals surface area contributed by atoms with Crippen LogP contribution in [0.1, 0.15) is 18.1 Å². The molecule has 0 aliphatic rings. The van der Waals surface area contributed by atoms with Gasteiger partial charge in [-0.25, -0.2) is 9.97 Å². The molecule has 2 N–H and O–H groups in total. The van der Waals surface area contributed by atoms with Crippen molar-refractivity contribution in [2.75, 3.05) is 12.3 Å². The lowest BCUT2D eigenvalue weighted by Gasteiger charge is -2.14. The van der Waals surface area contributed by atoms with Crippen molar-refractivity contribution in [1.29, 1.82) is 5.26 Å². The Morgan fingerprint density at radius 3 is 2.64 bits per heavy atom. The molecule has 0 aliphatic heterocycles. The minimum absolute atomic E-state index is 0.191. The summed E-state index contributed by atoms with van der Waals surface area (Å²) >= 11 is 0. The Labute approximate surface area is 145 Å². The quantitative estimate of drug-likeness (QED) is 0.787. The second-order valence-corrected chi connectivity index (χ2v) is 5.55. The van der Waals surface area contributed by atoms with Gasteiger partial charge < -0.3 is 10.5 Å². The second kappa shape index (κ2) is 6.61. The zero-order chi connectivity index (χ0) is 18.0. The number of hydrogen-bond acceptors (Lipinski definition) is 6. The molecule has 0 aromatic carbocycles. The number of nitrogens with zero attached hydrogens (tertiary/aromatic N) is 5. The maximum Gasteiger partial charge on any atom is 0.213 e. The van der Waals surface area contributed by atoms with Gasteiger partial charge in [0.05, 0.1) is 18.5 Å². The molecule has 0 spiro atoms. The molecule has 3 aromatic rings. The normalized spacial score (nSPS) is 10.5. The summed E-state index contributed by atoms with van der Waals surface area (Å²) in [6, 6.07) is 5.81. The average Bonchev–Trinajstić information content (AvgIpc) is 3.03. The Bertz CT molecular complexity index is 953. The van der Waals surface area contributed by atoms with E-state index in [1.807, 2.05) is 33.2 Å². The predicted octanol–water partition coefficient (Wildman–Crippen LogP) is 2.71. The lowest BCUT2D eigenvalue weighted by atomic mass is 9.94. The topological polar surface area (TPSA) is 103 Å². The second-order valence-electron chi connectivity index (χ2n) is 5.55. The Morgan fingerprint density at radius 1 is 1.28 bits per heavy atom. The smallest absolute Gasteiger partial charge is 0.213 e. The molecule has 126 valence electrons. The van der Waals surface area contributed by atoms with E-state index in [0.29, 0.717) is 23.7 Å². The van der Waals surface area contributed by atoms with Gasteiger partial charge in [-0.2, -0.15) is 10.4 Å². The number of ether oxygens (including phenoxy) is 1. The van der Waals surface area contributed by atoms with Crippen LogP contribution < -0.4 is 10.5 Å². The number of pyridine rings is 2.